The van der Waals surface area contributed by atoms with Crippen LogP contribution in [0.2, 0.25) is 0 Å². The van der Waals surface area contributed by atoms with Crippen molar-refractivity contribution < 1.29 is 17.9 Å². The average Bonchev–Trinajstić information content (AvgIpc) is 3.33. The number of methoxy groups -OCH3 is 1. The van der Waals surface area contributed by atoms with Gasteiger partial charge >= 0.3 is 0 Å². The third-order valence-corrected chi connectivity index (χ3v) is 8.00. The standard InChI is InChI=1S/C27H27N3O4S/c1-34-20-10-12-21(13-11-20)35(32,33)29-26-9-5-3-7-23(26)27(31)30-16-14-19(15-17-30)24-18-28-25-8-4-2-6-22(24)25/h2-13,18-19,28-29H,14-17H2,1H3. The zero-order valence-corrected chi connectivity index (χ0v) is 20.2. The molecule has 0 atom stereocenters. The van der Waals surface area contributed by atoms with E-state index < -0.39 is 10.0 Å². The number of hydrogen-bond acceptors (Lipinski definition) is 4. The molecule has 2 heterocycles. The van der Waals surface area contributed by atoms with E-state index in [1.807, 2.05) is 17.0 Å². The Hall–Kier alpha value is -3.78. The van der Waals surface area contributed by atoms with Gasteiger partial charge in [0.05, 0.1) is 23.3 Å². The average molecular weight is 490 g/mol. The second-order valence-electron chi connectivity index (χ2n) is 8.68. The van der Waals surface area contributed by atoms with E-state index in [0.717, 1.165) is 18.4 Å². The fourth-order valence-electron chi connectivity index (χ4n) is 4.71. The highest BCUT2D eigenvalue weighted by Crippen LogP contribution is 2.34. The lowest BCUT2D eigenvalue weighted by molar-refractivity contribution is 0.0714. The molecule has 1 aliphatic heterocycles. The third kappa shape index (κ3) is 4.61. The second kappa shape index (κ2) is 9.46. The fraction of sp³-hybridized carbons (Fsp3) is 0.222. The highest BCUT2D eigenvalue weighted by Gasteiger charge is 2.28. The molecule has 0 bridgehead atoms. The number of aromatic amines is 1. The molecule has 1 amide bonds. The summed E-state index contributed by atoms with van der Waals surface area (Å²) >= 11 is 0. The minimum Gasteiger partial charge on any atom is -0.497 e. The van der Waals surface area contributed by atoms with E-state index in [0.29, 0.717) is 30.3 Å². The van der Waals surface area contributed by atoms with Crippen molar-refractivity contribution >= 4 is 32.5 Å². The van der Waals surface area contributed by atoms with Crippen LogP contribution < -0.4 is 9.46 Å². The smallest absolute Gasteiger partial charge is 0.261 e. The van der Waals surface area contributed by atoms with Gasteiger partial charge in [0.1, 0.15) is 5.75 Å². The Kier molecular flexibility index (Phi) is 6.21. The molecule has 2 N–H and O–H groups in total. The van der Waals surface area contributed by atoms with Gasteiger partial charge in [-0.05, 0) is 66.8 Å². The lowest BCUT2D eigenvalue weighted by Gasteiger charge is -2.32. The van der Waals surface area contributed by atoms with Crippen LogP contribution in [0.25, 0.3) is 10.9 Å². The highest BCUT2D eigenvalue weighted by molar-refractivity contribution is 7.92. The number of likely N-dealkylation sites (tertiary alicyclic amines) is 1. The van der Waals surface area contributed by atoms with E-state index in [1.54, 1.807) is 36.4 Å². The number of benzene rings is 3. The molecule has 1 fully saturated rings. The first-order valence-electron chi connectivity index (χ1n) is 11.6. The summed E-state index contributed by atoms with van der Waals surface area (Å²) in [4.78, 5) is 18.7. The number of hydrogen-bond donors (Lipinski definition) is 2. The largest absolute Gasteiger partial charge is 0.497 e. The predicted octanol–water partition coefficient (Wildman–Crippen LogP) is 5.00. The minimum atomic E-state index is -3.86. The van der Waals surface area contributed by atoms with Gasteiger partial charge in [0.2, 0.25) is 0 Å². The first kappa shape index (κ1) is 23.0. The van der Waals surface area contributed by atoms with Crippen LogP contribution in [-0.2, 0) is 10.0 Å². The van der Waals surface area contributed by atoms with Crippen molar-refractivity contribution in [2.45, 2.75) is 23.7 Å². The number of sulfonamides is 1. The maximum Gasteiger partial charge on any atom is 0.261 e. The van der Waals surface area contributed by atoms with Crippen molar-refractivity contribution in [2.75, 3.05) is 24.9 Å². The molecule has 1 aliphatic rings. The quantitative estimate of drug-likeness (QED) is 0.399. The van der Waals surface area contributed by atoms with Crippen LogP contribution in [-0.4, -0.2) is 44.4 Å². The molecule has 1 saturated heterocycles. The number of ether oxygens (including phenoxy) is 1. The molecule has 5 rings (SSSR count). The van der Waals surface area contributed by atoms with Crippen molar-refractivity contribution in [1.29, 1.82) is 0 Å². The Bertz CT molecular complexity index is 1450. The molecule has 35 heavy (non-hydrogen) atoms. The number of rotatable bonds is 6. The summed E-state index contributed by atoms with van der Waals surface area (Å²) in [5.41, 5.74) is 3.03. The van der Waals surface area contributed by atoms with Gasteiger partial charge in [0.25, 0.3) is 15.9 Å². The lowest BCUT2D eigenvalue weighted by atomic mass is 9.89. The molecular formula is C27H27N3O4S. The summed E-state index contributed by atoms with van der Waals surface area (Å²) < 4.78 is 33.6. The molecule has 0 aliphatic carbocycles. The maximum atomic E-state index is 13.4. The number of nitrogens with one attached hydrogen (secondary N) is 2. The molecule has 3 aromatic carbocycles. The van der Waals surface area contributed by atoms with Crippen molar-refractivity contribution in [3.8, 4) is 5.75 Å². The SMILES string of the molecule is COc1ccc(S(=O)(=O)Nc2ccccc2C(=O)N2CCC(c3c[nH]c4ccccc34)CC2)cc1. The zero-order chi connectivity index (χ0) is 24.4. The van der Waals surface area contributed by atoms with Gasteiger partial charge in [-0.2, -0.15) is 0 Å². The molecule has 7 nitrogen and oxygen atoms in total. The molecule has 0 unspecified atom stereocenters. The Morgan fingerprint density at radius 2 is 1.66 bits per heavy atom. The molecule has 180 valence electrons. The Morgan fingerprint density at radius 1 is 0.971 bits per heavy atom. The number of para-hydroxylation sites is 2. The fourth-order valence-corrected chi connectivity index (χ4v) is 5.79. The first-order valence-corrected chi connectivity index (χ1v) is 13.1. The number of fused-ring (bicyclic) bond motifs is 1. The van der Waals surface area contributed by atoms with Gasteiger partial charge in [-0.15, -0.1) is 0 Å². The van der Waals surface area contributed by atoms with Crippen LogP contribution >= 0.6 is 0 Å². The van der Waals surface area contributed by atoms with E-state index in [1.165, 1.54) is 30.2 Å². The minimum absolute atomic E-state index is 0.0973. The van der Waals surface area contributed by atoms with Gasteiger partial charge < -0.3 is 14.6 Å². The van der Waals surface area contributed by atoms with Gasteiger partial charge in [0, 0.05) is 30.2 Å². The summed E-state index contributed by atoms with van der Waals surface area (Å²) in [7, 11) is -2.34. The first-order chi connectivity index (χ1) is 17.0. The molecule has 0 radical (unpaired) electrons. The van der Waals surface area contributed by atoms with Crippen LogP contribution in [0, 0.1) is 0 Å². The predicted molar refractivity (Wildman–Crippen MR) is 136 cm³/mol. The molecule has 1 aromatic heterocycles. The topological polar surface area (TPSA) is 91.5 Å². The number of piperidine rings is 1. The lowest BCUT2D eigenvalue weighted by Crippen LogP contribution is -2.38. The summed E-state index contributed by atoms with van der Waals surface area (Å²) in [6, 6.07) is 21.1. The number of anilines is 1. The van der Waals surface area contributed by atoms with Crippen LogP contribution in [0.1, 0.15) is 34.7 Å². The maximum absolute atomic E-state index is 13.4. The number of carbonyl (C=O) groups is 1. The van der Waals surface area contributed by atoms with Gasteiger partial charge in [-0.3, -0.25) is 9.52 Å². The molecule has 8 heteroatoms. The van der Waals surface area contributed by atoms with Crippen LogP contribution in [0.3, 0.4) is 0 Å². The summed E-state index contributed by atoms with van der Waals surface area (Å²) in [6.45, 7) is 1.23. The molecule has 4 aromatic rings. The summed E-state index contributed by atoms with van der Waals surface area (Å²) in [5, 5.41) is 1.23. The summed E-state index contributed by atoms with van der Waals surface area (Å²) in [5.74, 6) is 0.769. The molecular weight excluding hydrogens is 462 g/mol. The van der Waals surface area contributed by atoms with Crippen molar-refractivity contribution in [3.05, 3.63) is 90.1 Å². The number of amides is 1. The van der Waals surface area contributed by atoms with Crippen LogP contribution in [0.5, 0.6) is 5.75 Å². The van der Waals surface area contributed by atoms with E-state index in [2.05, 4.69) is 28.0 Å². The molecule has 0 saturated carbocycles. The monoisotopic (exact) mass is 489 g/mol. The van der Waals surface area contributed by atoms with E-state index in [-0.39, 0.29) is 16.5 Å². The zero-order valence-electron chi connectivity index (χ0n) is 19.4. The van der Waals surface area contributed by atoms with E-state index in [4.69, 9.17) is 4.74 Å². The van der Waals surface area contributed by atoms with Gasteiger partial charge in [-0.1, -0.05) is 30.3 Å². The number of carbonyl (C=O) groups excluding carboxylic acids is 1. The summed E-state index contributed by atoms with van der Waals surface area (Å²) in [6.07, 6.45) is 3.79. The van der Waals surface area contributed by atoms with Crippen molar-refractivity contribution in [2.24, 2.45) is 0 Å². The van der Waals surface area contributed by atoms with Crippen molar-refractivity contribution in [3.63, 3.8) is 0 Å². The highest BCUT2D eigenvalue weighted by atomic mass is 32.2. The van der Waals surface area contributed by atoms with Crippen LogP contribution in [0.15, 0.2) is 83.9 Å². The van der Waals surface area contributed by atoms with Gasteiger partial charge in [0.15, 0.2) is 0 Å². The van der Waals surface area contributed by atoms with E-state index in [9.17, 15) is 13.2 Å². The second-order valence-corrected chi connectivity index (χ2v) is 10.4. The Balaban J connectivity index is 1.31. The molecule has 0 spiro atoms. The van der Waals surface area contributed by atoms with Crippen LogP contribution in [0.4, 0.5) is 5.69 Å². The van der Waals surface area contributed by atoms with E-state index >= 15 is 0 Å². The number of aromatic nitrogens is 1. The Morgan fingerprint density at radius 3 is 2.40 bits per heavy atom. The number of H-pyrrole nitrogens is 1. The van der Waals surface area contributed by atoms with Gasteiger partial charge in [-0.25, -0.2) is 8.42 Å². The Labute approximate surface area is 204 Å². The normalized spacial score (nSPS) is 14.7. The number of nitrogens with zero attached hydrogens (tertiary/aromatic N) is 1. The third-order valence-electron chi connectivity index (χ3n) is 6.61. The van der Waals surface area contributed by atoms with Crippen molar-refractivity contribution in [1.82, 2.24) is 9.88 Å².